The Labute approximate surface area is 195 Å². The van der Waals surface area contributed by atoms with Gasteiger partial charge >= 0.3 is 0 Å². The van der Waals surface area contributed by atoms with E-state index >= 15 is 0 Å². The number of nitrogens with zero attached hydrogens (tertiary/aromatic N) is 4. The van der Waals surface area contributed by atoms with E-state index in [-0.39, 0.29) is 30.5 Å². The van der Waals surface area contributed by atoms with E-state index in [0.29, 0.717) is 53.6 Å². The van der Waals surface area contributed by atoms with Gasteiger partial charge in [-0.25, -0.2) is 8.91 Å². The zero-order valence-corrected chi connectivity index (χ0v) is 18.9. The van der Waals surface area contributed by atoms with Crippen molar-refractivity contribution >= 4 is 17.2 Å². The molecule has 0 unspecified atom stereocenters. The molecule has 34 heavy (non-hydrogen) atoms. The highest BCUT2D eigenvalue weighted by Crippen LogP contribution is 2.34. The maximum absolute atomic E-state index is 14.5. The van der Waals surface area contributed by atoms with E-state index in [1.807, 2.05) is 6.07 Å². The van der Waals surface area contributed by atoms with Crippen molar-refractivity contribution in [2.45, 2.75) is 43.9 Å². The predicted octanol–water partition coefficient (Wildman–Crippen LogP) is 2.89. The standard InChI is InChI=1S/C24H26FN5O4/c1-32-21-12-30-22-19(11-27-30)14-7-15(25)9-16(8-14)26-5-6-29-17(13-33-23(21)28-22)10-20(24(29)31)34-18-3-2-4-18/h7-9,11-12,17-18,20,26H,2-6,10,13H2,1H3/t17-,20+/m0/s1. The van der Waals surface area contributed by atoms with Gasteiger partial charge in [0.15, 0.2) is 11.4 Å². The number of hydrogen-bond donors (Lipinski definition) is 1. The Hall–Kier alpha value is -3.40. The summed E-state index contributed by atoms with van der Waals surface area (Å²) in [6.45, 7) is 1.18. The van der Waals surface area contributed by atoms with Crippen molar-refractivity contribution in [1.29, 1.82) is 0 Å². The van der Waals surface area contributed by atoms with Crippen molar-refractivity contribution in [1.82, 2.24) is 19.5 Å². The van der Waals surface area contributed by atoms with Crippen molar-refractivity contribution in [3.05, 3.63) is 36.4 Å². The third-order valence-electron chi connectivity index (χ3n) is 6.84. The first-order chi connectivity index (χ1) is 16.6. The maximum Gasteiger partial charge on any atom is 0.260 e. The second kappa shape index (κ2) is 8.43. The number of fused-ring (bicyclic) bond motifs is 5. The molecule has 4 bridgehead atoms. The number of nitrogens with one attached hydrogen (secondary N) is 1. The minimum Gasteiger partial charge on any atom is -0.490 e. The first-order valence-electron chi connectivity index (χ1n) is 11.6. The largest absolute Gasteiger partial charge is 0.490 e. The average Bonchev–Trinajstić information content (AvgIpc) is 3.34. The summed E-state index contributed by atoms with van der Waals surface area (Å²) in [7, 11) is 1.54. The van der Waals surface area contributed by atoms with Gasteiger partial charge in [-0.2, -0.15) is 10.1 Å². The van der Waals surface area contributed by atoms with Crippen molar-refractivity contribution in [3.63, 3.8) is 0 Å². The molecule has 1 saturated heterocycles. The predicted molar refractivity (Wildman–Crippen MR) is 122 cm³/mol. The monoisotopic (exact) mass is 467 g/mol. The maximum atomic E-state index is 14.5. The third-order valence-corrected chi connectivity index (χ3v) is 6.84. The number of methoxy groups -OCH3 is 1. The van der Waals surface area contributed by atoms with Gasteiger partial charge in [-0.15, -0.1) is 0 Å². The number of carbonyl (C=O) groups excluding carboxylic acids is 1. The molecule has 1 aliphatic carbocycles. The van der Waals surface area contributed by atoms with Crippen LogP contribution in [0.3, 0.4) is 0 Å². The molecule has 4 heterocycles. The number of aromatic nitrogens is 3. The van der Waals surface area contributed by atoms with Crippen LogP contribution in [-0.2, 0) is 9.53 Å². The minimum absolute atomic E-state index is 0.0252. The van der Waals surface area contributed by atoms with Gasteiger partial charge in [-0.05, 0) is 43.0 Å². The molecular formula is C24H26FN5O4. The zero-order chi connectivity index (χ0) is 23.2. The normalized spacial score (nSPS) is 22.6. The quantitative estimate of drug-likeness (QED) is 0.634. The molecule has 1 saturated carbocycles. The van der Waals surface area contributed by atoms with E-state index in [0.717, 1.165) is 19.3 Å². The summed E-state index contributed by atoms with van der Waals surface area (Å²) in [6, 6.07) is 4.57. The van der Waals surface area contributed by atoms with Gasteiger partial charge in [0.2, 0.25) is 0 Å². The van der Waals surface area contributed by atoms with E-state index in [1.54, 1.807) is 21.8 Å². The highest BCUT2D eigenvalue weighted by atomic mass is 19.1. The molecule has 2 aliphatic heterocycles. The summed E-state index contributed by atoms with van der Waals surface area (Å²) in [5.74, 6) is 0.330. The van der Waals surface area contributed by atoms with Crippen LogP contribution in [0.1, 0.15) is 25.7 Å². The lowest BCUT2D eigenvalue weighted by Crippen LogP contribution is -2.41. The smallest absolute Gasteiger partial charge is 0.260 e. The summed E-state index contributed by atoms with van der Waals surface area (Å²) >= 11 is 0. The third kappa shape index (κ3) is 3.71. The topological polar surface area (TPSA) is 90.2 Å². The summed E-state index contributed by atoms with van der Waals surface area (Å²) in [5, 5.41) is 7.62. The summed E-state index contributed by atoms with van der Waals surface area (Å²) in [5.41, 5.74) is 2.47. The molecule has 9 nitrogen and oxygen atoms in total. The van der Waals surface area contributed by atoms with Crippen LogP contribution in [0.4, 0.5) is 10.1 Å². The molecule has 3 aromatic rings. The number of benzene rings is 1. The fraction of sp³-hybridized carbons (Fsp3) is 0.458. The van der Waals surface area contributed by atoms with Crippen molar-refractivity contribution in [2.24, 2.45) is 0 Å². The SMILES string of the molecule is COc1cn2ncc3c2nc1OC[C@@H]1C[C@@H](OC2CCC2)C(=O)N1CCNc1cc(F)cc-3c1. The van der Waals surface area contributed by atoms with E-state index in [2.05, 4.69) is 15.4 Å². The summed E-state index contributed by atoms with van der Waals surface area (Å²) in [6.07, 6.45) is 6.74. The summed E-state index contributed by atoms with van der Waals surface area (Å²) < 4.78 is 33.7. The number of rotatable bonds is 3. The molecule has 2 fully saturated rings. The Bertz CT molecular complexity index is 1240. The van der Waals surface area contributed by atoms with Crippen molar-refractivity contribution in [2.75, 3.05) is 32.1 Å². The van der Waals surface area contributed by atoms with Gasteiger partial charge in [-0.3, -0.25) is 4.79 Å². The van der Waals surface area contributed by atoms with Gasteiger partial charge in [0.25, 0.3) is 11.8 Å². The van der Waals surface area contributed by atoms with E-state index in [4.69, 9.17) is 14.2 Å². The van der Waals surface area contributed by atoms with Gasteiger partial charge in [0.05, 0.1) is 31.6 Å². The minimum atomic E-state index is -0.464. The molecule has 3 aliphatic rings. The Kier molecular flexibility index (Phi) is 5.24. The Morgan fingerprint density at radius 3 is 2.94 bits per heavy atom. The molecule has 1 aromatic carbocycles. The first kappa shape index (κ1) is 21.2. The van der Waals surface area contributed by atoms with Crippen molar-refractivity contribution in [3.8, 4) is 22.8 Å². The van der Waals surface area contributed by atoms with Crippen LogP contribution < -0.4 is 14.8 Å². The molecule has 10 heteroatoms. The van der Waals surface area contributed by atoms with Gasteiger partial charge in [0, 0.05) is 30.8 Å². The van der Waals surface area contributed by atoms with Gasteiger partial charge < -0.3 is 24.4 Å². The second-order valence-electron chi connectivity index (χ2n) is 9.01. The molecule has 0 spiro atoms. The molecule has 1 amide bonds. The highest BCUT2D eigenvalue weighted by molar-refractivity contribution is 5.84. The lowest BCUT2D eigenvalue weighted by Gasteiger charge is -2.28. The molecule has 6 rings (SSSR count). The Balaban J connectivity index is 1.38. The fourth-order valence-corrected chi connectivity index (χ4v) is 4.81. The molecule has 2 atom stereocenters. The average molecular weight is 468 g/mol. The van der Waals surface area contributed by atoms with Crippen LogP contribution in [0.15, 0.2) is 30.6 Å². The Morgan fingerprint density at radius 2 is 2.15 bits per heavy atom. The molecule has 0 radical (unpaired) electrons. The van der Waals surface area contributed by atoms with E-state index < -0.39 is 6.10 Å². The summed E-state index contributed by atoms with van der Waals surface area (Å²) in [4.78, 5) is 19.6. The Morgan fingerprint density at radius 1 is 1.26 bits per heavy atom. The van der Waals surface area contributed by atoms with Gasteiger partial charge in [0.1, 0.15) is 18.5 Å². The number of hydrogen-bond acceptors (Lipinski definition) is 7. The van der Waals surface area contributed by atoms with Crippen LogP contribution in [0, 0.1) is 5.82 Å². The van der Waals surface area contributed by atoms with Gasteiger partial charge in [-0.1, -0.05) is 0 Å². The zero-order valence-electron chi connectivity index (χ0n) is 18.9. The molecule has 2 aromatic heterocycles. The van der Waals surface area contributed by atoms with Crippen LogP contribution >= 0.6 is 0 Å². The number of halogens is 1. The van der Waals surface area contributed by atoms with Crippen molar-refractivity contribution < 1.29 is 23.4 Å². The lowest BCUT2D eigenvalue weighted by molar-refractivity contribution is -0.143. The lowest BCUT2D eigenvalue weighted by atomic mass is 9.96. The van der Waals surface area contributed by atoms with E-state index in [1.165, 1.54) is 19.2 Å². The van der Waals surface area contributed by atoms with Crippen LogP contribution in [0.5, 0.6) is 11.6 Å². The first-order valence-corrected chi connectivity index (χ1v) is 11.6. The number of ether oxygens (including phenoxy) is 3. The highest BCUT2D eigenvalue weighted by Gasteiger charge is 2.42. The van der Waals surface area contributed by atoms with Crippen LogP contribution in [0.25, 0.3) is 16.8 Å². The van der Waals surface area contributed by atoms with Crippen LogP contribution in [-0.4, -0.2) is 70.5 Å². The number of amides is 1. The fourth-order valence-electron chi connectivity index (χ4n) is 4.81. The second-order valence-corrected chi connectivity index (χ2v) is 9.01. The molecule has 178 valence electrons. The number of carbonyl (C=O) groups is 1. The van der Waals surface area contributed by atoms with E-state index in [9.17, 15) is 9.18 Å². The van der Waals surface area contributed by atoms with Crippen LogP contribution in [0.2, 0.25) is 0 Å². The molecular weight excluding hydrogens is 441 g/mol. The molecule has 1 N–H and O–H groups in total. The number of anilines is 1.